The Labute approximate surface area is 122 Å². The van der Waals surface area contributed by atoms with Crippen molar-refractivity contribution < 1.29 is 4.79 Å². The average Bonchev–Trinajstić information content (AvgIpc) is 2.74. The Balaban J connectivity index is 2.18. The average molecular weight is 314 g/mol. The molecule has 6 heteroatoms. The summed E-state index contributed by atoms with van der Waals surface area (Å²) in [5.41, 5.74) is 1.11. The molecule has 0 saturated heterocycles. The molecule has 1 aliphatic rings. The molecule has 2 heterocycles. The molecule has 0 spiro atoms. The van der Waals surface area contributed by atoms with E-state index < -0.39 is 5.24 Å². The predicted molar refractivity (Wildman–Crippen MR) is 77.1 cm³/mol. The largest absolute Gasteiger partial charge is 0.276 e. The standard InChI is InChI=1S/C12H5Cl2NOS2/c13-11-10-9(3-4-17-10)18-8-2-1-6(12(14)16)5-7(8)15-11/h1-5H. The molecule has 0 fully saturated rings. The first-order valence-electron chi connectivity index (χ1n) is 4.99. The van der Waals surface area contributed by atoms with Crippen molar-refractivity contribution in [3.63, 3.8) is 0 Å². The molecule has 18 heavy (non-hydrogen) atoms. The van der Waals surface area contributed by atoms with Crippen LogP contribution in [-0.2, 0) is 0 Å². The van der Waals surface area contributed by atoms with Gasteiger partial charge in [0.1, 0.15) is 5.17 Å². The highest BCUT2D eigenvalue weighted by Crippen LogP contribution is 2.43. The number of thiophene rings is 1. The van der Waals surface area contributed by atoms with Gasteiger partial charge in [0, 0.05) is 15.4 Å². The molecule has 0 amide bonds. The van der Waals surface area contributed by atoms with Gasteiger partial charge in [-0.25, -0.2) is 4.99 Å². The number of benzene rings is 1. The zero-order valence-corrected chi connectivity index (χ0v) is 12.0. The van der Waals surface area contributed by atoms with Crippen molar-refractivity contribution >= 4 is 62.4 Å². The summed E-state index contributed by atoms with van der Waals surface area (Å²) in [6.45, 7) is 0. The summed E-state index contributed by atoms with van der Waals surface area (Å²) in [6.07, 6.45) is 0. The summed E-state index contributed by atoms with van der Waals surface area (Å²) in [6, 6.07) is 7.22. The summed E-state index contributed by atoms with van der Waals surface area (Å²) >= 11 is 14.8. The third-order valence-electron chi connectivity index (χ3n) is 2.44. The van der Waals surface area contributed by atoms with Crippen molar-refractivity contribution in [1.29, 1.82) is 0 Å². The van der Waals surface area contributed by atoms with E-state index in [1.54, 1.807) is 35.2 Å². The number of hydrogen-bond acceptors (Lipinski definition) is 4. The minimum Gasteiger partial charge on any atom is -0.276 e. The smallest absolute Gasteiger partial charge is 0.252 e. The van der Waals surface area contributed by atoms with Gasteiger partial charge >= 0.3 is 0 Å². The van der Waals surface area contributed by atoms with Crippen LogP contribution >= 0.6 is 46.3 Å². The van der Waals surface area contributed by atoms with E-state index in [4.69, 9.17) is 23.2 Å². The lowest BCUT2D eigenvalue weighted by atomic mass is 10.2. The highest BCUT2D eigenvalue weighted by atomic mass is 35.5. The first kappa shape index (κ1) is 12.2. The fourth-order valence-corrected chi connectivity index (χ4v) is 4.05. The third-order valence-corrected chi connectivity index (χ3v) is 5.22. The number of rotatable bonds is 1. The van der Waals surface area contributed by atoms with Crippen LogP contribution in [0.15, 0.2) is 44.4 Å². The fourth-order valence-electron chi connectivity index (χ4n) is 1.62. The maximum absolute atomic E-state index is 11.1. The normalized spacial score (nSPS) is 13.3. The second-order valence-corrected chi connectivity index (χ2v) is 6.28. The second-order valence-electron chi connectivity index (χ2n) is 3.57. The zero-order valence-electron chi connectivity index (χ0n) is 8.81. The number of halogens is 2. The Morgan fingerprint density at radius 1 is 1.22 bits per heavy atom. The Morgan fingerprint density at radius 3 is 2.83 bits per heavy atom. The molecule has 0 N–H and O–H groups in total. The van der Waals surface area contributed by atoms with Crippen molar-refractivity contribution in [2.75, 3.05) is 0 Å². The van der Waals surface area contributed by atoms with Crippen LogP contribution in [-0.4, -0.2) is 10.4 Å². The van der Waals surface area contributed by atoms with Gasteiger partial charge in [-0.2, -0.15) is 0 Å². The van der Waals surface area contributed by atoms with E-state index in [1.165, 1.54) is 0 Å². The topological polar surface area (TPSA) is 29.4 Å². The number of fused-ring (bicyclic) bond motifs is 2. The van der Waals surface area contributed by atoms with Crippen LogP contribution in [0.25, 0.3) is 0 Å². The lowest BCUT2D eigenvalue weighted by Crippen LogP contribution is -1.88. The minimum atomic E-state index is -0.492. The van der Waals surface area contributed by atoms with Gasteiger partial charge in [-0.05, 0) is 41.2 Å². The Hall–Kier alpha value is -0.810. The first-order chi connectivity index (χ1) is 8.65. The molecule has 0 atom stereocenters. The van der Waals surface area contributed by atoms with Crippen LogP contribution in [0.2, 0.25) is 0 Å². The molecule has 0 unspecified atom stereocenters. The Morgan fingerprint density at radius 2 is 2.06 bits per heavy atom. The highest BCUT2D eigenvalue weighted by molar-refractivity contribution is 7.99. The van der Waals surface area contributed by atoms with Gasteiger partial charge in [0.05, 0.1) is 10.6 Å². The molecule has 1 aliphatic heterocycles. The van der Waals surface area contributed by atoms with Gasteiger partial charge in [0.25, 0.3) is 5.24 Å². The number of aliphatic imine (C=N–C) groups is 1. The number of hydrogen-bond donors (Lipinski definition) is 0. The van der Waals surface area contributed by atoms with Crippen LogP contribution in [0.5, 0.6) is 0 Å². The third kappa shape index (κ3) is 2.10. The molecule has 1 aromatic heterocycles. The molecular formula is C12H5Cl2NOS2. The van der Waals surface area contributed by atoms with Crippen molar-refractivity contribution in [1.82, 2.24) is 0 Å². The molecule has 2 nitrogen and oxygen atoms in total. The van der Waals surface area contributed by atoms with Gasteiger partial charge in [0.15, 0.2) is 0 Å². The SMILES string of the molecule is O=C(Cl)c1ccc2c(c1)N=C(Cl)c1sccc1S2. The van der Waals surface area contributed by atoms with Gasteiger partial charge < -0.3 is 0 Å². The molecule has 1 aromatic carbocycles. The van der Waals surface area contributed by atoms with E-state index in [2.05, 4.69) is 4.99 Å². The fraction of sp³-hybridized carbons (Fsp3) is 0. The van der Waals surface area contributed by atoms with E-state index in [1.807, 2.05) is 17.5 Å². The lowest BCUT2D eigenvalue weighted by molar-refractivity contribution is 0.108. The van der Waals surface area contributed by atoms with Crippen LogP contribution in [0, 0.1) is 0 Å². The first-order valence-corrected chi connectivity index (χ1v) is 7.44. The van der Waals surface area contributed by atoms with Crippen LogP contribution in [0.3, 0.4) is 0 Å². The van der Waals surface area contributed by atoms with Crippen molar-refractivity contribution in [3.8, 4) is 0 Å². The molecule has 0 bridgehead atoms. The van der Waals surface area contributed by atoms with Gasteiger partial charge in [-0.15, -0.1) is 11.3 Å². The van der Waals surface area contributed by atoms with Crippen LogP contribution in [0.1, 0.15) is 15.2 Å². The van der Waals surface area contributed by atoms with Crippen molar-refractivity contribution in [2.24, 2.45) is 4.99 Å². The number of carbonyl (C=O) groups excluding carboxylic acids is 1. The van der Waals surface area contributed by atoms with E-state index in [0.717, 1.165) is 14.7 Å². The number of nitrogens with zero attached hydrogens (tertiary/aromatic N) is 1. The molecular weight excluding hydrogens is 309 g/mol. The maximum Gasteiger partial charge on any atom is 0.252 e. The summed E-state index contributed by atoms with van der Waals surface area (Å²) in [7, 11) is 0. The van der Waals surface area contributed by atoms with Crippen molar-refractivity contribution in [3.05, 3.63) is 40.1 Å². The van der Waals surface area contributed by atoms with Crippen LogP contribution in [0.4, 0.5) is 5.69 Å². The van der Waals surface area contributed by atoms with E-state index in [9.17, 15) is 4.79 Å². The minimum absolute atomic E-state index is 0.425. The van der Waals surface area contributed by atoms with Crippen molar-refractivity contribution in [2.45, 2.75) is 9.79 Å². The molecule has 0 saturated carbocycles. The van der Waals surface area contributed by atoms with E-state index in [-0.39, 0.29) is 0 Å². The van der Waals surface area contributed by atoms with E-state index >= 15 is 0 Å². The molecule has 90 valence electrons. The molecule has 0 radical (unpaired) electrons. The number of carbonyl (C=O) groups is 1. The van der Waals surface area contributed by atoms with Gasteiger partial charge in [0.2, 0.25) is 0 Å². The van der Waals surface area contributed by atoms with E-state index in [0.29, 0.717) is 16.4 Å². The van der Waals surface area contributed by atoms with Gasteiger partial charge in [-0.1, -0.05) is 23.4 Å². The second kappa shape index (κ2) is 4.70. The zero-order chi connectivity index (χ0) is 12.7. The molecule has 2 aromatic rings. The molecule has 3 rings (SSSR count). The summed E-state index contributed by atoms with van der Waals surface area (Å²) < 4.78 is 0. The predicted octanol–water partition coefficient (Wildman–Crippen LogP) is 4.91. The quantitative estimate of drug-likeness (QED) is 0.700. The monoisotopic (exact) mass is 313 g/mol. The van der Waals surface area contributed by atoms with Gasteiger partial charge in [-0.3, -0.25) is 4.79 Å². The Bertz CT molecular complexity index is 678. The summed E-state index contributed by atoms with van der Waals surface area (Å²) in [5.74, 6) is 0. The lowest BCUT2D eigenvalue weighted by Gasteiger charge is -2.03. The highest BCUT2D eigenvalue weighted by Gasteiger charge is 2.18. The molecule has 0 aliphatic carbocycles. The summed E-state index contributed by atoms with van der Waals surface area (Å²) in [4.78, 5) is 18.5. The van der Waals surface area contributed by atoms with Crippen LogP contribution < -0.4 is 0 Å². The maximum atomic E-state index is 11.1. The summed E-state index contributed by atoms with van der Waals surface area (Å²) in [5, 5.41) is 1.94. The Kier molecular flexibility index (Phi) is 3.20.